The second kappa shape index (κ2) is 10.8. The van der Waals surface area contributed by atoms with Gasteiger partial charge in [0.1, 0.15) is 6.33 Å². The first kappa shape index (κ1) is 23.9. The SMILES string of the molecule is Cc1ccc(CCN(Cc2nncn2Cc2ccc(C#N)cc2)C(=O)c2ccnc3ccccc23)cc1. The van der Waals surface area contributed by atoms with Crippen LogP contribution >= 0.6 is 0 Å². The number of carbonyl (C=O) groups is 1. The molecule has 5 rings (SSSR count). The molecule has 2 heterocycles. The number of benzene rings is 3. The molecule has 1 amide bonds. The van der Waals surface area contributed by atoms with Crippen molar-refractivity contribution in [3.05, 3.63) is 125 Å². The van der Waals surface area contributed by atoms with Crippen LogP contribution in [0.25, 0.3) is 10.9 Å². The molecule has 7 heteroatoms. The maximum absolute atomic E-state index is 13.9. The molecule has 0 fully saturated rings. The molecule has 3 aromatic carbocycles. The van der Waals surface area contributed by atoms with Crippen LogP contribution in [0.5, 0.6) is 0 Å². The van der Waals surface area contributed by atoms with E-state index in [0.717, 1.165) is 22.9 Å². The van der Waals surface area contributed by atoms with Crippen molar-refractivity contribution in [1.29, 1.82) is 5.26 Å². The van der Waals surface area contributed by atoms with Gasteiger partial charge in [-0.15, -0.1) is 10.2 Å². The molecule has 0 saturated carbocycles. The van der Waals surface area contributed by atoms with Crippen molar-refractivity contribution in [2.75, 3.05) is 6.54 Å². The lowest BCUT2D eigenvalue weighted by Gasteiger charge is -2.23. The molecule has 0 aliphatic carbocycles. The fourth-order valence-corrected chi connectivity index (χ4v) is 4.31. The summed E-state index contributed by atoms with van der Waals surface area (Å²) in [5.74, 6) is 0.624. The number of amides is 1. The fraction of sp³-hybridized carbons (Fsp3) is 0.167. The first-order valence-electron chi connectivity index (χ1n) is 12.1. The summed E-state index contributed by atoms with van der Waals surface area (Å²) in [6, 6.07) is 27.4. The topological polar surface area (TPSA) is 87.7 Å². The van der Waals surface area contributed by atoms with Crippen molar-refractivity contribution in [3.63, 3.8) is 0 Å². The highest BCUT2D eigenvalue weighted by Gasteiger charge is 2.21. The lowest BCUT2D eigenvalue weighted by atomic mass is 10.1. The van der Waals surface area contributed by atoms with E-state index >= 15 is 0 Å². The average Bonchev–Trinajstić information content (AvgIpc) is 3.38. The Morgan fingerprint density at radius 2 is 1.73 bits per heavy atom. The third-order valence-corrected chi connectivity index (χ3v) is 6.42. The van der Waals surface area contributed by atoms with E-state index in [-0.39, 0.29) is 5.91 Å². The number of hydrogen-bond acceptors (Lipinski definition) is 5. The fourth-order valence-electron chi connectivity index (χ4n) is 4.31. The van der Waals surface area contributed by atoms with Gasteiger partial charge in [0.15, 0.2) is 5.82 Å². The highest BCUT2D eigenvalue weighted by molar-refractivity contribution is 6.05. The molecule has 0 saturated heterocycles. The molecule has 2 aromatic heterocycles. The lowest BCUT2D eigenvalue weighted by Crippen LogP contribution is -2.34. The van der Waals surface area contributed by atoms with Gasteiger partial charge in [-0.25, -0.2) is 0 Å². The number of hydrogen-bond donors (Lipinski definition) is 0. The maximum Gasteiger partial charge on any atom is 0.255 e. The van der Waals surface area contributed by atoms with Crippen LogP contribution in [0.15, 0.2) is 91.4 Å². The van der Waals surface area contributed by atoms with Crippen LogP contribution in [0.4, 0.5) is 0 Å². The third-order valence-electron chi connectivity index (χ3n) is 6.42. The Morgan fingerprint density at radius 1 is 0.973 bits per heavy atom. The number of rotatable bonds is 8. The minimum atomic E-state index is -0.0707. The van der Waals surface area contributed by atoms with Gasteiger partial charge in [0.25, 0.3) is 5.91 Å². The van der Waals surface area contributed by atoms with Crippen molar-refractivity contribution in [2.24, 2.45) is 0 Å². The summed E-state index contributed by atoms with van der Waals surface area (Å²) in [4.78, 5) is 20.2. The molecule has 7 nitrogen and oxygen atoms in total. The minimum absolute atomic E-state index is 0.0707. The van der Waals surface area contributed by atoms with Gasteiger partial charge in [-0.1, -0.05) is 60.2 Å². The molecular weight excluding hydrogens is 460 g/mol. The number of pyridine rings is 1. The van der Waals surface area contributed by atoms with E-state index in [9.17, 15) is 4.79 Å². The first-order chi connectivity index (χ1) is 18.1. The van der Waals surface area contributed by atoms with E-state index in [1.54, 1.807) is 30.7 Å². The molecule has 0 radical (unpaired) electrons. The molecule has 0 bridgehead atoms. The van der Waals surface area contributed by atoms with Crippen molar-refractivity contribution in [1.82, 2.24) is 24.6 Å². The Hall–Kier alpha value is -4.83. The van der Waals surface area contributed by atoms with Crippen molar-refractivity contribution < 1.29 is 4.79 Å². The van der Waals surface area contributed by atoms with Crippen LogP contribution in [-0.2, 0) is 19.5 Å². The van der Waals surface area contributed by atoms with Crippen LogP contribution < -0.4 is 0 Å². The summed E-state index contributed by atoms with van der Waals surface area (Å²) in [6.07, 6.45) is 4.08. The Morgan fingerprint density at radius 3 is 2.51 bits per heavy atom. The van der Waals surface area contributed by atoms with E-state index in [0.29, 0.717) is 36.6 Å². The molecule has 0 spiro atoms. The Labute approximate surface area is 215 Å². The number of nitrogens with zero attached hydrogens (tertiary/aromatic N) is 6. The van der Waals surface area contributed by atoms with Gasteiger partial charge in [0.2, 0.25) is 0 Å². The second-order valence-corrected chi connectivity index (χ2v) is 9.02. The van der Waals surface area contributed by atoms with Crippen LogP contribution in [0.2, 0.25) is 0 Å². The van der Waals surface area contributed by atoms with Gasteiger partial charge >= 0.3 is 0 Å². The molecular formula is C30H26N6O. The summed E-state index contributed by atoms with van der Waals surface area (Å²) in [5, 5.41) is 18.4. The molecule has 0 atom stereocenters. The highest BCUT2D eigenvalue weighted by atomic mass is 16.2. The number of nitriles is 1. The summed E-state index contributed by atoms with van der Waals surface area (Å²) in [7, 11) is 0. The zero-order chi connectivity index (χ0) is 25.6. The lowest BCUT2D eigenvalue weighted by molar-refractivity contribution is 0.0741. The largest absolute Gasteiger partial charge is 0.331 e. The Kier molecular flexibility index (Phi) is 7.00. The number of carbonyl (C=O) groups excluding carboxylic acids is 1. The van der Waals surface area contributed by atoms with E-state index in [1.807, 2.05) is 45.9 Å². The standard InChI is InChI=1S/C30H26N6O/c1-22-6-8-23(9-7-22)15-17-35(30(37)27-14-16-32-28-5-3-2-4-26(27)28)20-29-34-33-21-36(29)19-25-12-10-24(18-31)11-13-25/h2-14,16,21H,15,17,19-20H2,1H3. The van der Waals surface area contributed by atoms with Gasteiger partial charge in [0, 0.05) is 18.1 Å². The van der Waals surface area contributed by atoms with Gasteiger partial charge in [0.05, 0.1) is 35.8 Å². The molecule has 0 aliphatic rings. The summed E-state index contributed by atoms with van der Waals surface area (Å²) < 4.78 is 1.94. The van der Waals surface area contributed by atoms with Crippen molar-refractivity contribution in [3.8, 4) is 6.07 Å². The molecule has 0 unspecified atom stereocenters. The third kappa shape index (κ3) is 5.54. The molecule has 0 N–H and O–H groups in total. The quantitative estimate of drug-likeness (QED) is 0.310. The minimum Gasteiger partial charge on any atom is -0.331 e. The number of aryl methyl sites for hydroxylation is 1. The predicted octanol–water partition coefficient (Wildman–Crippen LogP) is 4.94. The average molecular weight is 487 g/mol. The number of aromatic nitrogens is 4. The van der Waals surface area contributed by atoms with Crippen molar-refractivity contribution in [2.45, 2.75) is 26.4 Å². The van der Waals surface area contributed by atoms with Crippen LogP contribution in [0, 0.1) is 18.3 Å². The molecule has 0 aliphatic heterocycles. The predicted molar refractivity (Wildman–Crippen MR) is 142 cm³/mol. The number of para-hydroxylation sites is 1. The molecule has 37 heavy (non-hydrogen) atoms. The monoisotopic (exact) mass is 486 g/mol. The molecule has 5 aromatic rings. The van der Waals surface area contributed by atoms with Crippen LogP contribution in [0.1, 0.15) is 38.4 Å². The molecule has 182 valence electrons. The van der Waals surface area contributed by atoms with Crippen LogP contribution in [0.3, 0.4) is 0 Å². The summed E-state index contributed by atoms with van der Waals surface area (Å²) in [5.41, 5.74) is 5.42. The first-order valence-corrected chi connectivity index (χ1v) is 12.1. The zero-order valence-electron chi connectivity index (χ0n) is 20.6. The van der Waals surface area contributed by atoms with E-state index in [1.165, 1.54) is 11.1 Å². The second-order valence-electron chi connectivity index (χ2n) is 9.02. The normalized spacial score (nSPS) is 10.8. The smallest absolute Gasteiger partial charge is 0.255 e. The number of fused-ring (bicyclic) bond motifs is 1. The highest BCUT2D eigenvalue weighted by Crippen LogP contribution is 2.20. The van der Waals surface area contributed by atoms with Gasteiger partial charge in [-0.2, -0.15) is 5.26 Å². The van der Waals surface area contributed by atoms with Gasteiger partial charge in [-0.3, -0.25) is 9.78 Å². The van der Waals surface area contributed by atoms with Crippen molar-refractivity contribution >= 4 is 16.8 Å². The Balaban J connectivity index is 1.43. The zero-order valence-corrected chi connectivity index (χ0v) is 20.6. The maximum atomic E-state index is 13.9. The summed E-state index contributed by atoms with van der Waals surface area (Å²) >= 11 is 0. The van der Waals surface area contributed by atoms with Gasteiger partial charge < -0.3 is 9.47 Å². The van der Waals surface area contributed by atoms with Gasteiger partial charge in [-0.05, 0) is 48.7 Å². The van der Waals surface area contributed by atoms with Crippen LogP contribution in [-0.4, -0.2) is 37.1 Å². The summed E-state index contributed by atoms with van der Waals surface area (Å²) in [6.45, 7) is 3.46. The van der Waals surface area contributed by atoms with E-state index in [4.69, 9.17) is 5.26 Å². The van der Waals surface area contributed by atoms with E-state index in [2.05, 4.69) is 52.4 Å². The Bertz CT molecular complexity index is 1560. The van der Waals surface area contributed by atoms with E-state index < -0.39 is 0 Å².